The van der Waals surface area contributed by atoms with Gasteiger partial charge < -0.3 is 10.2 Å². The van der Waals surface area contributed by atoms with E-state index in [1.807, 2.05) is 51.1 Å². The Kier molecular flexibility index (Phi) is 9.90. The molecule has 0 spiro atoms. The summed E-state index contributed by atoms with van der Waals surface area (Å²) in [4.78, 5) is 29.0. The first kappa shape index (κ1) is 30.3. The molecule has 39 heavy (non-hydrogen) atoms. The van der Waals surface area contributed by atoms with Crippen LogP contribution in [0.25, 0.3) is 0 Å². The molecule has 3 aromatic carbocycles. The van der Waals surface area contributed by atoms with Gasteiger partial charge in [-0.15, -0.1) is 0 Å². The number of carbonyl (C=O) groups excluding carboxylic acids is 2. The van der Waals surface area contributed by atoms with Crippen LogP contribution in [0.15, 0.2) is 83.3 Å². The van der Waals surface area contributed by atoms with E-state index in [1.54, 1.807) is 36.4 Å². The van der Waals surface area contributed by atoms with Gasteiger partial charge in [-0.05, 0) is 72.1 Å². The van der Waals surface area contributed by atoms with Crippen molar-refractivity contribution in [2.45, 2.75) is 45.3 Å². The highest BCUT2D eigenvalue weighted by Crippen LogP contribution is 2.28. The maximum atomic E-state index is 14.0. The van der Waals surface area contributed by atoms with Crippen molar-refractivity contribution in [2.24, 2.45) is 0 Å². The zero-order valence-electron chi connectivity index (χ0n) is 22.4. The van der Waals surface area contributed by atoms with Crippen LogP contribution in [-0.2, 0) is 32.6 Å². The summed E-state index contributed by atoms with van der Waals surface area (Å²) in [5, 5.41) is 2.96. The third kappa shape index (κ3) is 8.90. The molecule has 0 saturated carbocycles. The minimum absolute atomic E-state index is 0.0261. The molecule has 0 aromatic heterocycles. The number of halogens is 2. The lowest BCUT2D eigenvalue weighted by Gasteiger charge is -2.35. The van der Waals surface area contributed by atoms with Crippen LogP contribution < -0.4 is 9.62 Å². The zero-order valence-corrected chi connectivity index (χ0v) is 24.8. The van der Waals surface area contributed by atoms with Gasteiger partial charge in [0.05, 0.1) is 11.9 Å². The van der Waals surface area contributed by atoms with E-state index in [1.165, 1.54) is 17.0 Å². The van der Waals surface area contributed by atoms with Crippen LogP contribution in [0.2, 0.25) is 0 Å². The van der Waals surface area contributed by atoms with Crippen molar-refractivity contribution in [3.63, 3.8) is 0 Å². The lowest BCUT2D eigenvalue weighted by atomic mass is 10.0. The number of para-hydroxylation sites is 1. The molecule has 0 heterocycles. The molecule has 0 bridgehead atoms. The molecule has 2 amide bonds. The quantitative estimate of drug-likeness (QED) is 0.350. The summed E-state index contributed by atoms with van der Waals surface area (Å²) in [6, 6.07) is 20.6. The minimum Gasteiger partial charge on any atom is -0.350 e. The molecular formula is C29H33BrFN3O4S. The van der Waals surface area contributed by atoms with E-state index in [0.29, 0.717) is 15.7 Å². The van der Waals surface area contributed by atoms with Gasteiger partial charge in [0.15, 0.2) is 0 Å². The summed E-state index contributed by atoms with van der Waals surface area (Å²) in [5.41, 5.74) is 1.14. The SMILES string of the molecule is CC(C)(C)NC(=O)[C@@H](Cc1ccccc1)N(Cc1ccc(F)cc1)C(=O)CN(c1ccccc1Br)S(C)(=O)=O. The predicted molar refractivity (Wildman–Crippen MR) is 155 cm³/mol. The maximum Gasteiger partial charge on any atom is 0.244 e. The van der Waals surface area contributed by atoms with Gasteiger partial charge in [0.25, 0.3) is 0 Å². The van der Waals surface area contributed by atoms with Gasteiger partial charge >= 0.3 is 0 Å². The highest BCUT2D eigenvalue weighted by Gasteiger charge is 2.34. The van der Waals surface area contributed by atoms with E-state index in [2.05, 4.69) is 21.2 Å². The normalized spacial score (nSPS) is 12.5. The summed E-state index contributed by atoms with van der Waals surface area (Å²) in [6.07, 6.45) is 1.22. The Bertz CT molecular complexity index is 1390. The molecule has 0 aliphatic carbocycles. The van der Waals surface area contributed by atoms with Gasteiger partial charge in [0.2, 0.25) is 21.8 Å². The van der Waals surface area contributed by atoms with Crippen LogP contribution in [0.5, 0.6) is 0 Å². The Morgan fingerprint density at radius 3 is 2.08 bits per heavy atom. The second-order valence-corrected chi connectivity index (χ2v) is 13.1. The number of nitrogens with one attached hydrogen (secondary N) is 1. The number of hydrogen-bond acceptors (Lipinski definition) is 4. The van der Waals surface area contributed by atoms with Crippen LogP contribution in [-0.4, -0.2) is 49.5 Å². The molecule has 0 fully saturated rings. The standard InChI is InChI=1S/C29H33BrFN3O4S/c1-29(2,3)32-28(36)26(18-21-10-6-5-7-11-21)33(19-22-14-16-23(31)17-15-22)27(35)20-34(39(4,37)38)25-13-9-8-12-24(25)30/h5-17,26H,18-20H2,1-4H3,(H,32,36)/t26-/m1/s1. The molecule has 10 heteroatoms. The first-order valence-corrected chi connectivity index (χ1v) is 15.0. The maximum absolute atomic E-state index is 14.0. The Morgan fingerprint density at radius 1 is 0.923 bits per heavy atom. The fraction of sp³-hybridized carbons (Fsp3) is 0.310. The van der Waals surface area contributed by atoms with Crippen LogP contribution in [0.1, 0.15) is 31.9 Å². The van der Waals surface area contributed by atoms with Crippen LogP contribution in [0, 0.1) is 5.82 Å². The second-order valence-electron chi connectivity index (χ2n) is 10.3. The average molecular weight is 619 g/mol. The van der Waals surface area contributed by atoms with Crippen molar-refractivity contribution in [1.29, 1.82) is 0 Å². The van der Waals surface area contributed by atoms with E-state index in [-0.39, 0.29) is 18.9 Å². The summed E-state index contributed by atoms with van der Waals surface area (Å²) in [7, 11) is -3.88. The summed E-state index contributed by atoms with van der Waals surface area (Å²) < 4.78 is 40.8. The molecule has 0 saturated heterocycles. The first-order valence-electron chi connectivity index (χ1n) is 12.4. The van der Waals surface area contributed by atoms with Crippen molar-refractivity contribution in [3.05, 3.63) is 100 Å². The van der Waals surface area contributed by atoms with Crippen molar-refractivity contribution in [3.8, 4) is 0 Å². The van der Waals surface area contributed by atoms with Crippen molar-refractivity contribution in [2.75, 3.05) is 17.1 Å². The molecule has 1 N–H and O–H groups in total. The molecule has 0 aliphatic heterocycles. The minimum atomic E-state index is -3.88. The van der Waals surface area contributed by atoms with E-state index < -0.39 is 39.9 Å². The van der Waals surface area contributed by atoms with Crippen molar-refractivity contribution >= 4 is 43.5 Å². The van der Waals surface area contributed by atoms with Gasteiger partial charge in [-0.1, -0.05) is 54.6 Å². The molecule has 208 valence electrons. The fourth-order valence-electron chi connectivity index (χ4n) is 4.04. The second kappa shape index (κ2) is 12.7. The Balaban J connectivity index is 2.08. The molecule has 3 rings (SSSR count). The first-order chi connectivity index (χ1) is 18.2. The van der Waals surface area contributed by atoms with E-state index >= 15 is 0 Å². The van der Waals surface area contributed by atoms with Gasteiger partial charge in [0, 0.05) is 23.0 Å². The molecule has 1 atom stereocenters. The summed E-state index contributed by atoms with van der Waals surface area (Å²) in [6.45, 7) is 4.97. The zero-order chi connectivity index (χ0) is 28.8. The topological polar surface area (TPSA) is 86.8 Å². The van der Waals surface area contributed by atoms with Gasteiger partial charge in [0.1, 0.15) is 18.4 Å². The van der Waals surface area contributed by atoms with Crippen molar-refractivity contribution in [1.82, 2.24) is 10.2 Å². The van der Waals surface area contributed by atoms with Gasteiger partial charge in [-0.3, -0.25) is 13.9 Å². The number of carbonyl (C=O) groups is 2. The number of anilines is 1. The Morgan fingerprint density at radius 2 is 1.51 bits per heavy atom. The van der Waals surface area contributed by atoms with Gasteiger partial charge in [-0.2, -0.15) is 0 Å². The molecule has 3 aromatic rings. The lowest BCUT2D eigenvalue weighted by Crippen LogP contribution is -2.56. The van der Waals surface area contributed by atoms with Crippen LogP contribution in [0.3, 0.4) is 0 Å². The predicted octanol–water partition coefficient (Wildman–Crippen LogP) is 4.91. The fourth-order valence-corrected chi connectivity index (χ4v) is 5.52. The third-order valence-electron chi connectivity index (χ3n) is 5.84. The molecule has 0 aliphatic rings. The highest BCUT2D eigenvalue weighted by atomic mass is 79.9. The Labute approximate surface area is 238 Å². The van der Waals surface area contributed by atoms with Crippen molar-refractivity contribution < 1.29 is 22.4 Å². The number of amides is 2. The molecule has 0 radical (unpaired) electrons. The molecular weight excluding hydrogens is 585 g/mol. The number of nitrogens with zero attached hydrogens (tertiary/aromatic N) is 2. The Hall–Kier alpha value is -3.24. The smallest absolute Gasteiger partial charge is 0.244 e. The lowest BCUT2D eigenvalue weighted by molar-refractivity contribution is -0.140. The highest BCUT2D eigenvalue weighted by molar-refractivity contribution is 9.10. The monoisotopic (exact) mass is 617 g/mol. The van der Waals surface area contributed by atoms with Crippen LogP contribution >= 0.6 is 15.9 Å². The van der Waals surface area contributed by atoms with E-state index in [9.17, 15) is 22.4 Å². The third-order valence-corrected chi connectivity index (χ3v) is 7.63. The number of sulfonamides is 1. The molecule has 7 nitrogen and oxygen atoms in total. The number of benzene rings is 3. The van der Waals surface area contributed by atoms with Gasteiger partial charge in [-0.25, -0.2) is 12.8 Å². The average Bonchev–Trinajstić information content (AvgIpc) is 2.85. The van der Waals surface area contributed by atoms with Crippen LogP contribution in [0.4, 0.5) is 10.1 Å². The summed E-state index contributed by atoms with van der Waals surface area (Å²) >= 11 is 3.38. The summed E-state index contributed by atoms with van der Waals surface area (Å²) in [5.74, 6) is -1.39. The number of rotatable bonds is 10. The van der Waals surface area contributed by atoms with E-state index in [4.69, 9.17) is 0 Å². The number of hydrogen-bond donors (Lipinski definition) is 1. The van der Waals surface area contributed by atoms with E-state index in [0.717, 1.165) is 16.1 Å². The molecule has 0 unspecified atom stereocenters. The largest absolute Gasteiger partial charge is 0.350 e.